The molecule has 0 saturated carbocycles. The molecule has 1 aromatic carbocycles. The average molecular weight is 303 g/mol. The van der Waals surface area contributed by atoms with Gasteiger partial charge in [-0.05, 0) is 25.1 Å². The minimum Gasteiger partial charge on any atom is -0.490 e. The van der Waals surface area contributed by atoms with Gasteiger partial charge in [-0.25, -0.2) is 0 Å². The van der Waals surface area contributed by atoms with Crippen LogP contribution in [0.5, 0.6) is 5.75 Å². The molecule has 0 saturated heterocycles. The molecule has 0 aliphatic carbocycles. The topological polar surface area (TPSA) is 55.8 Å². The number of ketones is 1. The van der Waals surface area contributed by atoms with Crippen molar-refractivity contribution in [3.63, 3.8) is 0 Å². The molecule has 17 heavy (non-hydrogen) atoms. The lowest BCUT2D eigenvalue weighted by molar-refractivity contribution is 0.0701. The Morgan fingerprint density at radius 3 is 2.76 bits per heavy atom. The fourth-order valence-electron chi connectivity index (χ4n) is 1.28. The van der Waals surface area contributed by atoms with Crippen molar-refractivity contribution in [2.75, 3.05) is 26.4 Å². The highest BCUT2D eigenvalue weighted by Crippen LogP contribution is 2.24. The average Bonchev–Trinajstić information content (AvgIpc) is 2.28. The van der Waals surface area contributed by atoms with Crippen LogP contribution in [-0.4, -0.2) is 37.3 Å². The molecular formula is C12H15BrO4. The number of hydrogen-bond acceptors (Lipinski definition) is 4. The van der Waals surface area contributed by atoms with Crippen LogP contribution in [0.2, 0.25) is 0 Å². The van der Waals surface area contributed by atoms with E-state index in [1.807, 2.05) is 0 Å². The van der Waals surface area contributed by atoms with Crippen molar-refractivity contribution < 1.29 is 19.4 Å². The molecule has 0 bridgehead atoms. The van der Waals surface area contributed by atoms with Gasteiger partial charge in [0.1, 0.15) is 12.4 Å². The molecule has 1 N–H and O–H groups in total. The summed E-state index contributed by atoms with van der Waals surface area (Å²) < 4.78 is 11.4. The van der Waals surface area contributed by atoms with Crippen LogP contribution in [-0.2, 0) is 4.74 Å². The van der Waals surface area contributed by atoms with Gasteiger partial charge in [0, 0.05) is 4.47 Å². The number of benzene rings is 1. The van der Waals surface area contributed by atoms with Crippen LogP contribution in [0.1, 0.15) is 17.3 Å². The van der Waals surface area contributed by atoms with Gasteiger partial charge in [-0.15, -0.1) is 0 Å². The molecule has 0 heterocycles. The number of aliphatic hydroxyl groups is 1. The van der Waals surface area contributed by atoms with Crippen LogP contribution in [0.25, 0.3) is 0 Å². The largest absolute Gasteiger partial charge is 0.490 e. The van der Waals surface area contributed by atoms with Crippen LogP contribution < -0.4 is 4.74 Å². The molecule has 0 aliphatic rings. The molecule has 94 valence electrons. The van der Waals surface area contributed by atoms with Crippen molar-refractivity contribution in [3.8, 4) is 5.75 Å². The van der Waals surface area contributed by atoms with E-state index in [9.17, 15) is 4.79 Å². The standard InChI is InChI=1S/C12H15BrO4/c1-9(15)11-3-2-10(13)8-12(11)17-7-6-16-5-4-14/h2-3,8,14H,4-7H2,1H3. The predicted octanol–water partition coefficient (Wildman–Crippen LogP) is 2.04. The number of ether oxygens (including phenoxy) is 2. The van der Waals surface area contributed by atoms with Gasteiger partial charge in [0.25, 0.3) is 0 Å². The second-order valence-corrected chi connectivity index (χ2v) is 4.30. The molecule has 0 amide bonds. The highest BCUT2D eigenvalue weighted by molar-refractivity contribution is 9.10. The van der Waals surface area contributed by atoms with E-state index in [1.165, 1.54) is 6.92 Å². The third-order valence-electron chi connectivity index (χ3n) is 2.04. The molecule has 1 aromatic rings. The number of hydrogen-bond donors (Lipinski definition) is 1. The summed E-state index contributed by atoms with van der Waals surface area (Å²) >= 11 is 3.32. The lowest BCUT2D eigenvalue weighted by atomic mass is 10.1. The van der Waals surface area contributed by atoms with Gasteiger partial charge in [-0.3, -0.25) is 4.79 Å². The smallest absolute Gasteiger partial charge is 0.163 e. The number of carbonyl (C=O) groups is 1. The van der Waals surface area contributed by atoms with E-state index in [1.54, 1.807) is 18.2 Å². The first kappa shape index (κ1) is 14.2. The van der Waals surface area contributed by atoms with Gasteiger partial charge < -0.3 is 14.6 Å². The van der Waals surface area contributed by atoms with Crippen molar-refractivity contribution >= 4 is 21.7 Å². The van der Waals surface area contributed by atoms with E-state index in [0.29, 0.717) is 31.1 Å². The Balaban J connectivity index is 2.56. The molecule has 0 spiro atoms. The third kappa shape index (κ3) is 4.85. The van der Waals surface area contributed by atoms with Crippen LogP contribution in [0.4, 0.5) is 0 Å². The zero-order valence-electron chi connectivity index (χ0n) is 9.61. The van der Waals surface area contributed by atoms with E-state index >= 15 is 0 Å². The van der Waals surface area contributed by atoms with Crippen molar-refractivity contribution in [3.05, 3.63) is 28.2 Å². The summed E-state index contributed by atoms with van der Waals surface area (Å²) in [4.78, 5) is 11.4. The first-order chi connectivity index (χ1) is 8.15. The molecule has 0 atom stereocenters. The minimum absolute atomic E-state index is 0.00438. The fourth-order valence-corrected chi connectivity index (χ4v) is 1.62. The number of rotatable bonds is 7. The molecule has 0 fully saturated rings. The Labute approximate surface area is 109 Å². The zero-order chi connectivity index (χ0) is 12.7. The summed E-state index contributed by atoms with van der Waals surface area (Å²) in [5.41, 5.74) is 0.551. The second-order valence-electron chi connectivity index (χ2n) is 3.38. The first-order valence-electron chi connectivity index (χ1n) is 5.27. The number of halogens is 1. The SMILES string of the molecule is CC(=O)c1ccc(Br)cc1OCCOCCO. The maximum Gasteiger partial charge on any atom is 0.163 e. The van der Waals surface area contributed by atoms with E-state index in [2.05, 4.69) is 15.9 Å². The Kier molecular flexibility index (Phi) is 6.18. The highest BCUT2D eigenvalue weighted by Gasteiger charge is 2.08. The zero-order valence-corrected chi connectivity index (χ0v) is 11.2. The summed E-state index contributed by atoms with van der Waals surface area (Å²) in [7, 11) is 0. The molecule has 5 heteroatoms. The molecule has 0 aromatic heterocycles. The Morgan fingerprint density at radius 1 is 1.35 bits per heavy atom. The predicted molar refractivity (Wildman–Crippen MR) is 67.5 cm³/mol. The van der Waals surface area contributed by atoms with Gasteiger partial charge in [-0.2, -0.15) is 0 Å². The van der Waals surface area contributed by atoms with Gasteiger partial charge >= 0.3 is 0 Å². The van der Waals surface area contributed by atoms with Crippen molar-refractivity contribution in [1.82, 2.24) is 0 Å². The van der Waals surface area contributed by atoms with E-state index in [0.717, 1.165) is 4.47 Å². The fraction of sp³-hybridized carbons (Fsp3) is 0.417. The van der Waals surface area contributed by atoms with Gasteiger partial charge in [0.15, 0.2) is 5.78 Å². The molecule has 0 unspecified atom stereocenters. The van der Waals surface area contributed by atoms with Gasteiger partial charge in [-0.1, -0.05) is 15.9 Å². The maximum atomic E-state index is 11.4. The van der Waals surface area contributed by atoms with Crippen LogP contribution in [0, 0.1) is 0 Å². The summed E-state index contributed by atoms with van der Waals surface area (Å²) in [6.45, 7) is 2.51. The summed E-state index contributed by atoms with van der Waals surface area (Å²) in [6, 6.07) is 5.27. The molecule has 1 rings (SSSR count). The number of carbonyl (C=O) groups excluding carboxylic acids is 1. The summed E-state index contributed by atoms with van der Waals surface area (Å²) in [6.07, 6.45) is 0. The summed E-state index contributed by atoms with van der Waals surface area (Å²) in [5.74, 6) is 0.503. The van der Waals surface area contributed by atoms with Gasteiger partial charge in [0.05, 0.1) is 25.4 Å². The lowest BCUT2D eigenvalue weighted by Gasteiger charge is -2.10. The lowest BCUT2D eigenvalue weighted by Crippen LogP contribution is -2.10. The molecule has 0 aliphatic heterocycles. The molecule has 0 radical (unpaired) electrons. The third-order valence-corrected chi connectivity index (χ3v) is 2.54. The second kappa shape index (κ2) is 7.42. The van der Waals surface area contributed by atoms with Crippen molar-refractivity contribution in [2.24, 2.45) is 0 Å². The monoisotopic (exact) mass is 302 g/mol. The van der Waals surface area contributed by atoms with Crippen LogP contribution in [0.15, 0.2) is 22.7 Å². The van der Waals surface area contributed by atoms with Crippen LogP contribution in [0.3, 0.4) is 0 Å². The highest BCUT2D eigenvalue weighted by atomic mass is 79.9. The van der Waals surface area contributed by atoms with Crippen molar-refractivity contribution in [2.45, 2.75) is 6.92 Å². The van der Waals surface area contributed by atoms with Crippen molar-refractivity contribution in [1.29, 1.82) is 0 Å². The van der Waals surface area contributed by atoms with Gasteiger partial charge in [0.2, 0.25) is 0 Å². The van der Waals surface area contributed by atoms with E-state index in [-0.39, 0.29) is 12.4 Å². The quantitative estimate of drug-likeness (QED) is 0.618. The number of aliphatic hydroxyl groups excluding tert-OH is 1. The minimum atomic E-state index is -0.0382. The first-order valence-corrected chi connectivity index (χ1v) is 6.06. The molecular weight excluding hydrogens is 288 g/mol. The maximum absolute atomic E-state index is 11.4. The Morgan fingerprint density at radius 2 is 2.12 bits per heavy atom. The van der Waals surface area contributed by atoms with E-state index < -0.39 is 0 Å². The summed E-state index contributed by atoms with van der Waals surface area (Å²) in [5, 5.41) is 8.52. The Bertz CT molecular complexity index is 379. The van der Waals surface area contributed by atoms with E-state index in [4.69, 9.17) is 14.6 Å². The van der Waals surface area contributed by atoms with Crippen LogP contribution >= 0.6 is 15.9 Å². The molecule has 4 nitrogen and oxygen atoms in total. The Hall–Kier alpha value is -0.910. The normalized spacial score (nSPS) is 10.3. The number of Topliss-reactive ketones (excluding diaryl/α,β-unsaturated/α-hetero) is 1.